The second kappa shape index (κ2) is 4.81. The van der Waals surface area contributed by atoms with Gasteiger partial charge in [-0.1, -0.05) is 35.5 Å². The normalized spacial score (nSPS) is 15.3. The molecule has 1 saturated heterocycles. The number of carbonyl (C=O) groups is 1. The van der Waals surface area contributed by atoms with Crippen LogP contribution >= 0.6 is 0 Å². The van der Waals surface area contributed by atoms with Gasteiger partial charge in [-0.05, 0) is 0 Å². The molecule has 1 N–H and O–H groups in total. The van der Waals surface area contributed by atoms with Gasteiger partial charge in [-0.15, -0.1) is 5.10 Å². The van der Waals surface area contributed by atoms with E-state index in [2.05, 4.69) is 10.3 Å². The fourth-order valence-corrected chi connectivity index (χ4v) is 2.01. The number of likely N-dealkylation sites (tertiary alicyclic amines) is 1. The van der Waals surface area contributed by atoms with Gasteiger partial charge in [-0.25, -0.2) is 4.68 Å². The van der Waals surface area contributed by atoms with E-state index in [9.17, 15) is 4.79 Å². The van der Waals surface area contributed by atoms with Crippen molar-refractivity contribution in [3.8, 4) is 11.3 Å². The summed E-state index contributed by atoms with van der Waals surface area (Å²) in [6, 6.07) is 9.69. The molecule has 0 radical (unpaired) electrons. The number of carbonyl (C=O) groups excluding carboxylic acids is 1. The summed E-state index contributed by atoms with van der Waals surface area (Å²) >= 11 is 0. The average molecular weight is 258 g/mol. The van der Waals surface area contributed by atoms with Gasteiger partial charge in [0.25, 0.3) is 0 Å². The van der Waals surface area contributed by atoms with Gasteiger partial charge in [-0.3, -0.25) is 4.79 Å². The molecule has 1 amide bonds. The molecule has 2 aromatic rings. The monoisotopic (exact) mass is 258 g/mol. The first-order valence-corrected chi connectivity index (χ1v) is 6.14. The topological polar surface area (TPSA) is 71.2 Å². The number of hydrogen-bond donors (Lipinski definition) is 1. The van der Waals surface area contributed by atoms with Crippen molar-refractivity contribution in [2.75, 3.05) is 13.1 Å². The van der Waals surface area contributed by atoms with Crippen molar-refractivity contribution in [2.24, 2.45) is 0 Å². The van der Waals surface area contributed by atoms with Crippen molar-refractivity contribution in [3.63, 3.8) is 0 Å². The molecule has 1 aromatic carbocycles. The Bertz CT molecular complexity index is 575. The quantitative estimate of drug-likeness (QED) is 0.850. The molecule has 1 aliphatic heterocycles. The minimum absolute atomic E-state index is 0.0465. The van der Waals surface area contributed by atoms with Gasteiger partial charge in [0, 0.05) is 18.7 Å². The molecule has 6 heteroatoms. The number of aliphatic hydroxyl groups excluding tert-OH is 1. The van der Waals surface area contributed by atoms with Gasteiger partial charge in [0.05, 0.1) is 12.3 Å². The lowest BCUT2D eigenvalue weighted by Gasteiger charge is -2.35. The number of hydrogen-bond acceptors (Lipinski definition) is 4. The molecule has 98 valence electrons. The highest BCUT2D eigenvalue weighted by Crippen LogP contribution is 2.15. The maximum absolute atomic E-state index is 11.8. The number of aromatic nitrogens is 3. The van der Waals surface area contributed by atoms with Crippen molar-refractivity contribution in [1.82, 2.24) is 19.9 Å². The third-order valence-electron chi connectivity index (χ3n) is 3.12. The van der Waals surface area contributed by atoms with E-state index in [1.807, 2.05) is 30.3 Å². The van der Waals surface area contributed by atoms with Crippen LogP contribution in [0.3, 0.4) is 0 Å². The third kappa shape index (κ3) is 2.48. The van der Waals surface area contributed by atoms with Crippen molar-refractivity contribution in [1.29, 1.82) is 0 Å². The Morgan fingerprint density at radius 2 is 2.05 bits per heavy atom. The molecule has 0 atom stereocenters. The van der Waals surface area contributed by atoms with Crippen LogP contribution in [-0.2, 0) is 11.3 Å². The molecular weight excluding hydrogens is 244 g/mol. The number of amides is 1. The zero-order valence-corrected chi connectivity index (χ0v) is 10.3. The standard InChI is InChI=1S/C13H14N4O2/c18-11-6-16(7-11)13(19)9-17-8-12(14-15-17)10-4-2-1-3-5-10/h1-5,8,11,18H,6-7,9H2. The summed E-state index contributed by atoms with van der Waals surface area (Å²) in [5, 5.41) is 17.2. The summed E-state index contributed by atoms with van der Waals surface area (Å²) < 4.78 is 1.52. The van der Waals surface area contributed by atoms with E-state index >= 15 is 0 Å². The van der Waals surface area contributed by atoms with Gasteiger partial charge in [0.1, 0.15) is 12.2 Å². The van der Waals surface area contributed by atoms with Crippen LogP contribution in [0.1, 0.15) is 0 Å². The zero-order valence-electron chi connectivity index (χ0n) is 10.3. The molecule has 1 aromatic heterocycles. The predicted octanol–water partition coefficient (Wildman–Crippen LogP) is 0.148. The number of nitrogens with zero attached hydrogens (tertiary/aromatic N) is 4. The third-order valence-corrected chi connectivity index (χ3v) is 3.12. The highest BCUT2D eigenvalue weighted by Gasteiger charge is 2.28. The van der Waals surface area contributed by atoms with Gasteiger partial charge in [-0.2, -0.15) is 0 Å². The number of rotatable bonds is 3. The molecule has 0 saturated carbocycles. The molecule has 0 spiro atoms. The smallest absolute Gasteiger partial charge is 0.244 e. The van der Waals surface area contributed by atoms with E-state index in [0.717, 1.165) is 11.3 Å². The maximum atomic E-state index is 11.8. The Hall–Kier alpha value is -2.21. The SMILES string of the molecule is O=C(Cn1cc(-c2ccccc2)nn1)N1CC(O)C1. The van der Waals surface area contributed by atoms with Gasteiger partial charge < -0.3 is 10.0 Å². The fraction of sp³-hybridized carbons (Fsp3) is 0.308. The molecule has 0 bridgehead atoms. The molecule has 6 nitrogen and oxygen atoms in total. The predicted molar refractivity (Wildman–Crippen MR) is 68.0 cm³/mol. The number of β-amino-alcohol motifs (C(OH)–C–C–N with tert-alkyl or cyclic N) is 1. The van der Waals surface area contributed by atoms with Crippen LogP contribution in [0, 0.1) is 0 Å². The lowest BCUT2D eigenvalue weighted by molar-refractivity contribution is -0.142. The summed E-state index contributed by atoms with van der Waals surface area (Å²) in [6.07, 6.45) is 1.38. The van der Waals surface area contributed by atoms with Gasteiger partial charge >= 0.3 is 0 Å². The number of benzene rings is 1. The van der Waals surface area contributed by atoms with E-state index in [0.29, 0.717) is 13.1 Å². The second-order valence-electron chi connectivity index (χ2n) is 4.62. The molecule has 0 unspecified atom stereocenters. The summed E-state index contributed by atoms with van der Waals surface area (Å²) in [6.45, 7) is 0.991. The first-order valence-electron chi connectivity index (χ1n) is 6.14. The fourth-order valence-electron chi connectivity index (χ4n) is 2.01. The van der Waals surface area contributed by atoms with Crippen LogP contribution in [0.25, 0.3) is 11.3 Å². The highest BCUT2D eigenvalue weighted by molar-refractivity contribution is 5.77. The van der Waals surface area contributed by atoms with E-state index in [-0.39, 0.29) is 18.6 Å². The summed E-state index contributed by atoms with van der Waals surface area (Å²) in [5.74, 6) is -0.0465. The molecule has 1 aliphatic rings. The van der Waals surface area contributed by atoms with Crippen LogP contribution < -0.4 is 0 Å². The minimum atomic E-state index is -0.375. The van der Waals surface area contributed by atoms with Crippen LogP contribution in [-0.4, -0.2) is 50.1 Å². The van der Waals surface area contributed by atoms with Crippen molar-refractivity contribution < 1.29 is 9.90 Å². The molecule has 2 heterocycles. The summed E-state index contributed by atoms with van der Waals surface area (Å²) in [4.78, 5) is 13.4. The number of aliphatic hydroxyl groups is 1. The summed E-state index contributed by atoms with van der Waals surface area (Å²) in [5.41, 5.74) is 1.72. The minimum Gasteiger partial charge on any atom is -0.389 e. The lowest BCUT2D eigenvalue weighted by atomic mass is 10.1. The Balaban J connectivity index is 1.67. The summed E-state index contributed by atoms with van der Waals surface area (Å²) in [7, 11) is 0. The zero-order chi connectivity index (χ0) is 13.2. The second-order valence-corrected chi connectivity index (χ2v) is 4.62. The Labute approximate surface area is 110 Å². The molecule has 1 fully saturated rings. The Morgan fingerprint density at radius 3 is 2.74 bits per heavy atom. The molecule has 0 aliphatic carbocycles. The first kappa shape index (κ1) is 11.9. The Kier molecular flexibility index (Phi) is 3.00. The largest absolute Gasteiger partial charge is 0.389 e. The van der Waals surface area contributed by atoms with Crippen molar-refractivity contribution in [2.45, 2.75) is 12.6 Å². The Morgan fingerprint density at radius 1 is 1.32 bits per heavy atom. The van der Waals surface area contributed by atoms with Crippen LogP contribution in [0.2, 0.25) is 0 Å². The molecular formula is C13H14N4O2. The highest BCUT2D eigenvalue weighted by atomic mass is 16.3. The molecule has 3 rings (SSSR count). The van der Waals surface area contributed by atoms with E-state index < -0.39 is 0 Å². The van der Waals surface area contributed by atoms with E-state index in [4.69, 9.17) is 5.11 Å². The van der Waals surface area contributed by atoms with Crippen LogP contribution in [0.15, 0.2) is 36.5 Å². The lowest BCUT2D eigenvalue weighted by Crippen LogP contribution is -2.54. The van der Waals surface area contributed by atoms with E-state index in [1.54, 1.807) is 11.1 Å². The van der Waals surface area contributed by atoms with Crippen molar-refractivity contribution in [3.05, 3.63) is 36.5 Å². The van der Waals surface area contributed by atoms with Gasteiger partial charge in [0.15, 0.2) is 0 Å². The average Bonchev–Trinajstić information content (AvgIpc) is 2.84. The van der Waals surface area contributed by atoms with Gasteiger partial charge in [0.2, 0.25) is 5.91 Å². The van der Waals surface area contributed by atoms with Crippen LogP contribution in [0.5, 0.6) is 0 Å². The van der Waals surface area contributed by atoms with Crippen molar-refractivity contribution >= 4 is 5.91 Å². The van der Waals surface area contributed by atoms with Crippen LogP contribution in [0.4, 0.5) is 0 Å². The maximum Gasteiger partial charge on any atom is 0.244 e. The first-order chi connectivity index (χ1) is 9.22. The van der Waals surface area contributed by atoms with E-state index in [1.165, 1.54) is 4.68 Å². The molecule has 19 heavy (non-hydrogen) atoms.